The molecule has 1 aliphatic heterocycles. The van der Waals surface area contributed by atoms with Crippen LogP contribution in [0.5, 0.6) is 0 Å². The molecule has 1 fully saturated rings. The van der Waals surface area contributed by atoms with Crippen molar-refractivity contribution in [1.82, 2.24) is 15.2 Å². The van der Waals surface area contributed by atoms with Crippen molar-refractivity contribution < 1.29 is 9.59 Å². The third-order valence-electron chi connectivity index (χ3n) is 3.26. The predicted octanol–water partition coefficient (Wildman–Crippen LogP) is 0.813. The van der Waals surface area contributed by atoms with E-state index in [9.17, 15) is 14.4 Å². The average molecular weight is 297 g/mol. The van der Waals surface area contributed by atoms with Gasteiger partial charge in [-0.05, 0) is 18.8 Å². The lowest BCUT2D eigenvalue weighted by Gasteiger charge is -2.29. The molecule has 0 saturated carbocycles. The van der Waals surface area contributed by atoms with Gasteiger partial charge in [0, 0.05) is 18.5 Å². The van der Waals surface area contributed by atoms with Crippen LogP contribution in [-0.4, -0.2) is 40.8 Å². The quantitative estimate of drug-likeness (QED) is 0.866. The third-order valence-corrected chi connectivity index (χ3v) is 3.93. The Morgan fingerprint density at radius 3 is 2.85 bits per heavy atom. The molecule has 1 aromatic heterocycles. The fourth-order valence-corrected chi connectivity index (χ4v) is 2.89. The molecule has 2 amide bonds. The van der Waals surface area contributed by atoms with Crippen LogP contribution in [0.2, 0.25) is 0 Å². The van der Waals surface area contributed by atoms with Crippen molar-refractivity contribution in [2.75, 3.05) is 13.1 Å². The van der Waals surface area contributed by atoms with E-state index in [1.165, 1.54) is 5.38 Å². The number of amides is 2. The van der Waals surface area contributed by atoms with Crippen LogP contribution in [0.1, 0.15) is 37.2 Å². The number of H-pyrrole nitrogens is 1. The zero-order valence-electron chi connectivity index (χ0n) is 11.6. The summed E-state index contributed by atoms with van der Waals surface area (Å²) in [5.41, 5.74) is 0.267. The fourth-order valence-electron chi connectivity index (χ4n) is 2.34. The van der Waals surface area contributed by atoms with Gasteiger partial charge in [-0.3, -0.25) is 14.4 Å². The van der Waals surface area contributed by atoms with Gasteiger partial charge in [0.1, 0.15) is 11.7 Å². The highest BCUT2D eigenvalue weighted by molar-refractivity contribution is 7.07. The summed E-state index contributed by atoms with van der Waals surface area (Å²) in [5.74, 6) is -0.0751. The average Bonchev–Trinajstić information content (AvgIpc) is 2.74. The number of thiazole rings is 1. The summed E-state index contributed by atoms with van der Waals surface area (Å²) in [5, 5.41) is 4.35. The summed E-state index contributed by atoms with van der Waals surface area (Å²) in [6.07, 6.45) is 1.34. The maximum Gasteiger partial charge on any atom is 0.305 e. The molecule has 0 radical (unpaired) electrons. The molecule has 2 N–H and O–H groups in total. The molecule has 2 rings (SSSR count). The Morgan fingerprint density at radius 1 is 1.50 bits per heavy atom. The van der Waals surface area contributed by atoms with E-state index in [1.807, 2.05) is 13.8 Å². The van der Waals surface area contributed by atoms with E-state index in [-0.39, 0.29) is 22.4 Å². The van der Waals surface area contributed by atoms with Crippen LogP contribution in [0.4, 0.5) is 0 Å². The Kier molecular flexibility index (Phi) is 4.59. The smallest absolute Gasteiger partial charge is 0.305 e. The molecule has 20 heavy (non-hydrogen) atoms. The Bertz CT molecular complexity index is 549. The van der Waals surface area contributed by atoms with Crippen molar-refractivity contribution in [2.24, 2.45) is 5.92 Å². The predicted molar refractivity (Wildman–Crippen MR) is 76.8 cm³/mol. The van der Waals surface area contributed by atoms with Gasteiger partial charge in [-0.25, -0.2) is 0 Å². The molecule has 6 nitrogen and oxygen atoms in total. The lowest BCUT2D eigenvalue weighted by atomic mass is 10.0. The van der Waals surface area contributed by atoms with Gasteiger partial charge in [-0.2, -0.15) is 0 Å². The van der Waals surface area contributed by atoms with Gasteiger partial charge in [-0.15, -0.1) is 0 Å². The highest BCUT2D eigenvalue weighted by Gasteiger charge is 2.33. The minimum absolute atomic E-state index is 0.109. The highest BCUT2D eigenvalue weighted by Crippen LogP contribution is 2.17. The monoisotopic (exact) mass is 297 g/mol. The molecule has 0 spiro atoms. The molecule has 0 aromatic carbocycles. The Morgan fingerprint density at radius 2 is 2.25 bits per heavy atom. The van der Waals surface area contributed by atoms with E-state index >= 15 is 0 Å². The number of aromatic amines is 1. The molecular weight excluding hydrogens is 278 g/mol. The second kappa shape index (κ2) is 6.21. The van der Waals surface area contributed by atoms with E-state index in [0.29, 0.717) is 25.4 Å². The molecule has 1 aromatic rings. The summed E-state index contributed by atoms with van der Waals surface area (Å²) in [7, 11) is 0. The molecule has 1 unspecified atom stereocenters. The number of aromatic nitrogens is 1. The number of nitrogens with zero attached hydrogens (tertiary/aromatic N) is 1. The summed E-state index contributed by atoms with van der Waals surface area (Å²) >= 11 is 0.959. The number of rotatable bonds is 3. The maximum atomic E-state index is 12.5. The van der Waals surface area contributed by atoms with Gasteiger partial charge in [0.2, 0.25) is 5.91 Å². The first kappa shape index (κ1) is 14.8. The van der Waals surface area contributed by atoms with Crippen LogP contribution in [0.3, 0.4) is 0 Å². The first-order valence-corrected chi connectivity index (χ1v) is 7.63. The number of hydrogen-bond acceptors (Lipinski definition) is 4. The van der Waals surface area contributed by atoms with E-state index in [1.54, 1.807) is 4.90 Å². The van der Waals surface area contributed by atoms with E-state index in [4.69, 9.17) is 0 Å². The number of nitrogens with one attached hydrogen (secondary N) is 2. The first-order chi connectivity index (χ1) is 9.49. The van der Waals surface area contributed by atoms with Crippen LogP contribution in [0, 0.1) is 5.92 Å². The standard InChI is InChI=1S/C13H19N3O3S/c1-8(2)6-10-11(17)14-4-3-5-16(10)12(18)9-7-20-13(19)15-9/h7-8,10H,3-6H2,1-2H3,(H,14,17)(H,15,19). The number of hydrogen-bond donors (Lipinski definition) is 2. The lowest BCUT2D eigenvalue weighted by Crippen LogP contribution is -2.48. The van der Waals surface area contributed by atoms with Crippen molar-refractivity contribution in [1.29, 1.82) is 0 Å². The summed E-state index contributed by atoms with van der Waals surface area (Å²) < 4.78 is 0. The molecule has 7 heteroatoms. The minimum atomic E-state index is -0.464. The van der Waals surface area contributed by atoms with Crippen molar-refractivity contribution >= 4 is 23.2 Å². The molecular formula is C13H19N3O3S. The van der Waals surface area contributed by atoms with Crippen LogP contribution >= 0.6 is 11.3 Å². The van der Waals surface area contributed by atoms with Gasteiger partial charge >= 0.3 is 4.87 Å². The lowest BCUT2D eigenvalue weighted by molar-refractivity contribution is -0.125. The molecule has 0 aliphatic carbocycles. The summed E-state index contributed by atoms with van der Waals surface area (Å²) in [6.45, 7) is 5.14. The SMILES string of the molecule is CC(C)CC1C(=O)NCCCN1C(=O)c1csc(=O)[nH]1. The topological polar surface area (TPSA) is 82.3 Å². The largest absolute Gasteiger partial charge is 0.354 e. The Balaban J connectivity index is 2.26. The second-order valence-electron chi connectivity index (χ2n) is 5.35. The third kappa shape index (κ3) is 3.27. The van der Waals surface area contributed by atoms with Gasteiger partial charge in [-0.1, -0.05) is 25.2 Å². The van der Waals surface area contributed by atoms with Crippen LogP contribution in [0.15, 0.2) is 10.2 Å². The van der Waals surface area contributed by atoms with Crippen LogP contribution in [-0.2, 0) is 4.79 Å². The van der Waals surface area contributed by atoms with E-state index in [0.717, 1.165) is 17.8 Å². The van der Waals surface area contributed by atoms with Gasteiger partial charge < -0.3 is 15.2 Å². The second-order valence-corrected chi connectivity index (χ2v) is 6.19. The number of carbonyl (C=O) groups is 2. The van der Waals surface area contributed by atoms with Crippen LogP contribution in [0.25, 0.3) is 0 Å². The molecule has 1 atom stereocenters. The zero-order chi connectivity index (χ0) is 14.7. The van der Waals surface area contributed by atoms with Gasteiger partial charge in [0.25, 0.3) is 5.91 Å². The van der Waals surface area contributed by atoms with E-state index in [2.05, 4.69) is 10.3 Å². The first-order valence-electron chi connectivity index (χ1n) is 6.75. The van der Waals surface area contributed by atoms with Crippen molar-refractivity contribution in [3.8, 4) is 0 Å². The maximum absolute atomic E-state index is 12.5. The van der Waals surface area contributed by atoms with E-state index < -0.39 is 6.04 Å². The Labute approximate surface area is 121 Å². The zero-order valence-corrected chi connectivity index (χ0v) is 12.5. The molecule has 110 valence electrons. The number of carbonyl (C=O) groups excluding carboxylic acids is 2. The van der Waals surface area contributed by atoms with Crippen LogP contribution < -0.4 is 10.2 Å². The molecule has 0 bridgehead atoms. The molecule has 1 aliphatic rings. The fraction of sp³-hybridized carbons (Fsp3) is 0.615. The summed E-state index contributed by atoms with van der Waals surface area (Å²) in [6, 6.07) is -0.464. The molecule has 1 saturated heterocycles. The van der Waals surface area contributed by atoms with Gasteiger partial charge in [0.05, 0.1) is 0 Å². The highest BCUT2D eigenvalue weighted by atomic mass is 32.1. The van der Waals surface area contributed by atoms with Gasteiger partial charge in [0.15, 0.2) is 0 Å². The summed E-state index contributed by atoms with van der Waals surface area (Å²) in [4.78, 5) is 39.6. The molecule has 2 heterocycles. The van der Waals surface area contributed by atoms with Crippen molar-refractivity contribution in [3.63, 3.8) is 0 Å². The Hall–Kier alpha value is -1.63. The van der Waals surface area contributed by atoms with Crippen molar-refractivity contribution in [2.45, 2.75) is 32.7 Å². The van der Waals surface area contributed by atoms with Crippen molar-refractivity contribution in [3.05, 3.63) is 20.7 Å². The normalized spacial score (nSPS) is 19.9. The minimum Gasteiger partial charge on any atom is -0.354 e.